The van der Waals surface area contributed by atoms with E-state index in [1.54, 1.807) is 19.5 Å². The molecule has 0 spiro atoms. The van der Waals surface area contributed by atoms with E-state index in [0.29, 0.717) is 13.0 Å². The number of hydrogen-bond donors (Lipinski definition) is 1. The summed E-state index contributed by atoms with van der Waals surface area (Å²) in [6.07, 6.45) is 5.87. The van der Waals surface area contributed by atoms with Gasteiger partial charge in [-0.05, 0) is 73.0 Å². The van der Waals surface area contributed by atoms with Crippen molar-refractivity contribution in [2.75, 3.05) is 33.4 Å². The van der Waals surface area contributed by atoms with Crippen molar-refractivity contribution in [3.05, 3.63) is 95.3 Å². The lowest BCUT2D eigenvalue weighted by atomic mass is 9.74. The minimum atomic E-state index is 0.0783. The third kappa shape index (κ3) is 5.69. The molecular formula is C31H33N3O3. The highest BCUT2D eigenvalue weighted by Gasteiger charge is 2.49. The lowest BCUT2D eigenvalue weighted by molar-refractivity contribution is -0.135. The fraction of sp³-hybridized carbons (Fsp3) is 0.355. The van der Waals surface area contributed by atoms with Crippen LogP contribution in [0, 0.1) is 11.8 Å². The van der Waals surface area contributed by atoms with Crippen LogP contribution in [0.2, 0.25) is 0 Å². The Morgan fingerprint density at radius 1 is 1.03 bits per heavy atom. The molecule has 1 aromatic heterocycles. The van der Waals surface area contributed by atoms with E-state index in [1.165, 1.54) is 5.56 Å². The largest absolute Gasteiger partial charge is 0.497 e. The molecule has 3 atom stereocenters. The smallest absolute Gasteiger partial charge is 0.227 e. The second kappa shape index (κ2) is 11.6. The number of aliphatic hydroxyl groups excluding tert-OH is 1. The first-order chi connectivity index (χ1) is 18.2. The van der Waals surface area contributed by atoms with E-state index in [4.69, 9.17) is 4.74 Å². The molecule has 190 valence electrons. The molecule has 37 heavy (non-hydrogen) atoms. The fourth-order valence-corrected chi connectivity index (χ4v) is 5.56. The molecule has 0 saturated carbocycles. The minimum Gasteiger partial charge on any atom is -0.497 e. The Balaban J connectivity index is 1.30. The van der Waals surface area contributed by atoms with Crippen molar-refractivity contribution in [1.82, 2.24) is 14.8 Å². The highest BCUT2D eigenvalue weighted by atomic mass is 16.5. The van der Waals surface area contributed by atoms with Gasteiger partial charge in [-0.15, -0.1) is 0 Å². The summed E-state index contributed by atoms with van der Waals surface area (Å²) < 4.78 is 5.21. The van der Waals surface area contributed by atoms with Gasteiger partial charge in [0.15, 0.2) is 0 Å². The second-order valence-corrected chi connectivity index (χ2v) is 9.77. The number of ether oxygens (including phenoxy) is 1. The van der Waals surface area contributed by atoms with Gasteiger partial charge in [0.25, 0.3) is 0 Å². The van der Waals surface area contributed by atoms with Crippen LogP contribution in [0.15, 0.2) is 73.1 Å². The number of amides is 1. The number of hydrogen-bond acceptors (Lipinski definition) is 5. The van der Waals surface area contributed by atoms with Gasteiger partial charge in [-0.1, -0.05) is 30.0 Å². The van der Waals surface area contributed by atoms with Crippen molar-refractivity contribution >= 4 is 5.91 Å². The Bertz CT molecular complexity index is 1250. The topological polar surface area (TPSA) is 65.9 Å². The molecular weight excluding hydrogens is 462 g/mol. The van der Waals surface area contributed by atoms with Crippen LogP contribution in [0.25, 0.3) is 0 Å². The Labute approximate surface area is 218 Å². The number of rotatable bonds is 5. The summed E-state index contributed by atoms with van der Waals surface area (Å²) in [5, 5.41) is 10.2. The summed E-state index contributed by atoms with van der Waals surface area (Å²) in [5.74, 6) is 7.58. The van der Waals surface area contributed by atoms with Crippen molar-refractivity contribution in [3.8, 4) is 17.6 Å². The zero-order chi connectivity index (χ0) is 25.6. The highest BCUT2D eigenvalue weighted by molar-refractivity contribution is 5.78. The SMILES string of the molecule is COc1ccc(C#Cc2ccc([C@@H]3[C@@H](CO)N4CCCCN(C(=O)Cc5cccnc5)C[C@@H]34)cc2)cc1. The molecule has 5 rings (SSSR count). The van der Waals surface area contributed by atoms with Gasteiger partial charge >= 0.3 is 0 Å². The van der Waals surface area contributed by atoms with Gasteiger partial charge in [0, 0.05) is 54.6 Å². The fourth-order valence-electron chi connectivity index (χ4n) is 5.56. The molecule has 6 nitrogen and oxygen atoms in total. The van der Waals surface area contributed by atoms with Crippen molar-refractivity contribution in [3.63, 3.8) is 0 Å². The number of methoxy groups -OCH3 is 1. The van der Waals surface area contributed by atoms with Crippen LogP contribution in [0.3, 0.4) is 0 Å². The van der Waals surface area contributed by atoms with Gasteiger partial charge in [-0.3, -0.25) is 14.7 Å². The Hall–Kier alpha value is -3.66. The molecule has 2 aliphatic heterocycles. The quantitative estimate of drug-likeness (QED) is 0.549. The van der Waals surface area contributed by atoms with Crippen molar-refractivity contribution in [1.29, 1.82) is 0 Å². The zero-order valence-corrected chi connectivity index (χ0v) is 21.2. The van der Waals surface area contributed by atoms with Crippen LogP contribution in [0.1, 0.15) is 41.0 Å². The minimum absolute atomic E-state index is 0.0783. The standard InChI is InChI=1S/C31H33N3O3/c1-37-27-14-10-24(11-15-27)7-6-23-8-12-26(13-9-23)31-28-21-33(17-2-3-18-34(28)29(31)22-35)30(36)19-25-5-4-16-32-20-25/h4-5,8-16,20,28-29,31,35H,2-3,17-19,21-22H2,1H3/t28-,29+,31-/m0/s1. The average molecular weight is 496 g/mol. The van der Waals surface area contributed by atoms with E-state index < -0.39 is 0 Å². The third-order valence-corrected chi connectivity index (χ3v) is 7.54. The van der Waals surface area contributed by atoms with E-state index in [9.17, 15) is 9.90 Å². The predicted octanol–water partition coefficient (Wildman–Crippen LogP) is 3.48. The number of fused-ring (bicyclic) bond motifs is 1. The summed E-state index contributed by atoms with van der Waals surface area (Å²) in [7, 11) is 1.65. The van der Waals surface area contributed by atoms with Crippen LogP contribution in [-0.2, 0) is 11.2 Å². The molecule has 0 unspecified atom stereocenters. The van der Waals surface area contributed by atoms with Gasteiger partial charge in [0.05, 0.1) is 20.1 Å². The number of pyridine rings is 1. The molecule has 3 aromatic rings. The first-order valence-corrected chi connectivity index (χ1v) is 13.0. The highest BCUT2D eigenvalue weighted by Crippen LogP contribution is 2.42. The second-order valence-electron chi connectivity index (χ2n) is 9.77. The number of aromatic nitrogens is 1. The lowest BCUT2D eigenvalue weighted by Gasteiger charge is -2.57. The molecule has 0 radical (unpaired) electrons. The van der Waals surface area contributed by atoms with Crippen molar-refractivity contribution in [2.24, 2.45) is 0 Å². The normalized spacial score (nSPS) is 21.5. The third-order valence-electron chi connectivity index (χ3n) is 7.54. The molecule has 0 bridgehead atoms. The lowest BCUT2D eigenvalue weighted by Crippen LogP contribution is -2.68. The number of benzene rings is 2. The summed E-state index contributed by atoms with van der Waals surface area (Å²) in [6.45, 7) is 2.53. The number of nitrogens with zero attached hydrogens (tertiary/aromatic N) is 3. The van der Waals surface area contributed by atoms with E-state index in [-0.39, 0.29) is 30.5 Å². The Kier molecular flexibility index (Phi) is 7.84. The summed E-state index contributed by atoms with van der Waals surface area (Å²) in [5.41, 5.74) is 4.01. The van der Waals surface area contributed by atoms with E-state index in [2.05, 4.69) is 46.0 Å². The zero-order valence-electron chi connectivity index (χ0n) is 21.2. The van der Waals surface area contributed by atoms with Crippen LogP contribution >= 0.6 is 0 Å². The number of aliphatic hydroxyl groups is 1. The molecule has 2 aromatic carbocycles. The van der Waals surface area contributed by atoms with E-state index in [1.807, 2.05) is 41.3 Å². The van der Waals surface area contributed by atoms with Gasteiger partial charge < -0.3 is 14.7 Å². The molecule has 0 aliphatic carbocycles. The van der Waals surface area contributed by atoms with Crippen LogP contribution in [-0.4, -0.2) is 71.2 Å². The van der Waals surface area contributed by atoms with E-state index in [0.717, 1.165) is 48.4 Å². The first kappa shape index (κ1) is 25.0. The van der Waals surface area contributed by atoms with Crippen LogP contribution < -0.4 is 4.74 Å². The van der Waals surface area contributed by atoms with Gasteiger partial charge in [0.2, 0.25) is 5.91 Å². The predicted molar refractivity (Wildman–Crippen MR) is 143 cm³/mol. The molecule has 2 saturated heterocycles. The molecule has 2 aliphatic rings. The first-order valence-electron chi connectivity index (χ1n) is 13.0. The van der Waals surface area contributed by atoms with Crippen LogP contribution in [0.4, 0.5) is 0 Å². The molecule has 2 fully saturated rings. The van der Waals surface area contributed by atoms with Crippen molar-refractivity contribution < 1.29 is 14.6 Å². The van der Waals surface area contributed by atoms with Gasteiger partial charge in [-0.25, -0.2) is 0 Å². The Morgan fingerprint density at radius 2 is 1.73 bits per heavy atom. The number of carbonyl (C=O) groups is 1. The maximum Gasteiger partial charge on any atom is 0.227 e. The van der Waals surface area contributed by atoms with E-state index >= 15 is 0 Å². The molecule has 3 heterocycles. The average Bonchev–Trinajstić information content (AvgIpc) is 2.92. The molecule has 1 N–H and O–H groups in total. The van der Waals surface area contributed by atoms with Crippen molar-refractivity contribution in [2.45, 2.75) is 37.3 Å². The summed E-state index contributed by atoms with van der Waals surface area (Å²) >= 11 is 0. The maximum atomic E-state index is 13.2. The Morgan fingerprint density at radius 3 is 2.38 bits per heavy atom. The maximum absolute atomic E-state index is 13.2. The van der Waals surface area contributed by atoms with Gasteiger partial charge in [0.1, 0.15) is 5.75 Å². The summed E-state index contributed by atoms with van der Waals surface area (Å²) in [4.78, 5) is 21.7. The molecule has 1 amide bonds. The summed E-state index contributed by atoms with van der Waals surface area (Å²) in [6, 6.07) is 20.2. The van der Waals surface area contributed by atoms with Crippen LogP contribution in [0.5, 0.6) is 5.75 Å². The van der Waals surface area contributed by atoms with Gasteiger partial charge in [-0.2, -0.15) is 0 Å². The molecule has 6 heteroatoms. The number of carbonyl (C=O) groups excluding carboxylic acids is 1. The monoisotopic (exact) mass is 495 g/mol.